The molecule has 0 aliphatic heterocycles. The minimum absolute atomic E-state index is 0.0999. The number of aromatic nitrogens is 3. The van der Waals surface area contributed by atoms with Gasteiger partial charge in [0, 0.05) is 21.7 Å². The van der Waals surface area contributed by atoms with Crippen LogP contribution in [0.15, 0.2) is 45.1 Å². The number of anilines is 1. The predicted molar refractivity (Wildman–Crippen MR) is 112 cm³/mol. The number of pyridine rings is 1. The van der Waals surface area contributed by atoms with Crippen molar-refractivity contribution in [3.8, 4) is 0 Å². The van der Waals surface area contributed by atoms with Crippen LogP contribution in [0.5, 0.6) is 0 Å². The molecule has 0 saturated heterocycles. The third kappa shape index (κ3) is 3.73. The Kier molecular flexibility index (Phi) is 4.94. The topological polar surface area (TPSA) is 67.8 Å². The van der Waals surface area contributed by atoms with Crippen LogP contribution in [0.3, 0.4) is 0 Å². The molecule has 0 fully saturated rings. The second-order valence-corrected chi connectivity index (χ2v) is 9.26. The van der Waals surface area contributed by atoms with Crippen molar-refractivity contribution in [1.29, 1.82) is 0 Å². The number of fused-ring (bicyclic) bond motifs is 1. The van der Waals surface area contributed by atoms with Crippen molar-refractivity contribution in [3.63, 3.8) is 0 Å². The summed E-state index contributed by atoms with van der Waals surface area (Å²) in [5.74, 6) is -0.0999. The average molecular weight is 413 g/mol. The van der Waals surface area contributed by atoms with E-state index in [9.17, 15) is 4.79 Å². The van der Waals surface area contributed by atoms with E-state index in [-0.39, 0.29) is 5.91 Å². The summed E-state index contributed by atoms with van der Waals surface area (Å²) >= 11 is 4.50. The van der Waals surface area contributed by atoms with Gasteiger partial charge in [-0.05, 0) is 62.2 Å². The van der Waals surface area contributed by atoms with E-state index >= 15 is 0 Å². The molecule has 136 valence electrons. The van der Waals surface area contributed by atoms with Crippen LogP contribution in [0.2, 0.25) is 0 Å². The summed E-state index contributed by atoms with van der Waals surface area (Å²) in [5, 5.41) is 11.9. The van der Waals surface area contributed by atoms with Crippen LogP contribution in [0.1, 0.15) is 26.5 Å². The lowest BCUT2D eigenvalue weighted by atomic mass is 10.1. The molecule has 8 heteroatoms. The number of aryl methyl sites for hydroxylation is 3. The zero-order valence-corrected chi connectivity index (χ0v) is 17.4. The number of thiophene rings is 1. The minimum atomic E-state index is -0.0999. The average Bonchev–Trinajstić information content (AvgIpc) is 3.24. The first-order valence-corrected chi connectivity index (χ1v) is 10.8. The van der Waals surface area contributed by atoms with Crippen molar-refractivity contribution < 1.29 is 4.79 Å². The summed E-state index contributed by atoms with van der Waals surface area (Å²) < 4.78 is 0.894. The number of amides is 1. The van der Waals surface area contributed by atoms with Crippen LogP contribution in [0, 0.1) is 20.8 Å². The lowest BCUT2D eigenvalue weighted by Gasteiger charge is -2.05. The van der Waals surface area contributed by atoms with E-state index in [1.165, 1.54) is 22.7 Å². The fourth-order valence-electron chi connectivity index (χ4n) is 2.94. The predicted octanol–water partition coefficient (Wildman–Crippen LogP) is 5.48. The molecular weight excluding hydrogens is 396 g/mol. The van der Waals surface area contributed by atoms with Gasteiger partial charge in [0.1, 0.15) is 10.3 Å². The summed E-state index contributed by atoms with van der Waals surface area (Å²) in [6, 6.07) is 9.79. The van der Waals surface area contributed by atoms with Crippen LogP contribution in [0.25, 0.3) is 10.2 Å². The molecule has 0 radical (unpaired) electrons. The number of rotatable bonds is 4. The van der Waals surface area contributed by atoms with Gasteiger partial charge in [0.15, 0.2) is 4.34 Å². The molecule has 0 aliphatic rings. The number of hydrogen-bond acceptors (Lipinski definition) is 7. The van der Waals surface area contributed by atoms with Crippen LogP contribution >= 0.6 is 34.4 Å². The van der Waals surface area contributed by atoms with Crippen molar-refractivity contribution >= 4 is 56.2 Å². The lowest BCUT2D eigenvalue weighted by Crippen LogP contribution is -2.11. The van der Waals surface area contributed by atoms with Crippen molar-refractivity contribution in [1.82, 2.24) is 15.2 Å². The van der Waals surface area contributed by atoms with Gasteiger partial charge in [-0.25, -0.2) is 4.98 Å². The highest BCUT2D eigenvalue weighted by molar-refractivity contribution is 8.01. The normalized spacial score (nSPS) is 11.1. The number of carbonyl (C=O) groups excluding carboxylic acids is 1. The summed E-state index contributed by atoms with van der Waals surface area (Å²) in [6.07, 6.45) is 0. The maximum absolute atomic E-state index is 12.8. The van der Waals surface area contributed by atoms with Crippen molar-refractivity contribution in [3.05, 3.63) is 57.5 Å². The number of nitrogens with zero attached hydrogens (tertiary/aromatic N) is 3. The van der Waals surface area contributed by atoms with Gasteiger partial charge in [0.2, 0.25) is 0 Å². The molecule has 1 N–H and O–H groups in total. The highest BCUT2D eigenvalue weighted by Crippen LogP contribution is 2.33. The molecule has 0 spiro atoms. The van der Waals surface area contributed by atoms with Crippen molar-refractivity contribution in [2.24, 2.45) is 0 Å². The van der Waals surface area contributed by atoms with Gasteiger partial charge in [-0.15, -0.1) is 21.5 Å². The first kappa shape index (κ1) is 18.1. The van der Waals surface area contributed by atoms with E-state index in [1.54, 1.807) is 17.3 Å². The Morgan fingerprint density at radius 3 is 2.63 bits per heavy atom. The van der Waals surface area contributed by atoms with Gasteiger partial charge in [-0.1, -0.05) is 23.1 Å². The van der Waals surface area contributed by atoms with E-state index in [2.05, 4.69) is 33.5 Å². The second-order valence-electron chi connectivity index (χ2n) is 6.10. The van der Waals surface area contributed by atoms with E-state index in [1.807, 2.05) is 38.1 Å². The SMILES string of the molecule is Cc1cc(C)c2c(C)c(C(=O)Nc3ccc(Sc4nncs4)cc3)sc2n1. The number of carbonyl (C=O) groups is 1. The van der Waals surface area contributed by atoms with E-state index in [0.717, 1.165) is 42.0 Å². The third-order valence-corrected chi connectivity index (χ3v) is 7.06. The first-order chi connectivity index (χ1) is 13.0. The molecule has 1 amide bonds. The fraction of sp³-hybridized carbons (Fsp3) is 0.158. The molecule has 0 unspecified atom stereocenters. The van der Waals surface area contributed by atoms with Gasteiger partial charge in [-0.3, -0.25) is 4.79 Å². The van der Waals surface area contributed by atoms with Crippen LogP contribution in [-0.4, -0.2) is 21.1 Å². The molecule has 0 saturated carbocycles. The first-order valence-electron chi connectivity index (χ1n) is 8.24. The van der Waals surface area contributed by atoms with Gasteiger partial charge in [-0.2, -0.15) is 0 Å². The van der Waals surface area contributed by atoms with Gasteiger partial charge in [0.05, 0.1) is 4.88 Å². The Labute approximate surface area is 168 Å². The molecule has 27 heavy (non-hydrogen) atoms. The number of benzene rings is 1. The molecule has 3 heterocycles. The molecule has 5 nitrogen and oxygen atoms in total. The Hall–Kier alpha value is -2.29. The smallest absolute Gasteiger partial charge is 0.266 e. The maximum Gasteiger partial charge on any atom is 0.266 e. The summed E-state index contributed by atoms with van der Waals surface area (Å²) in [6.45, 7) is 6.02. The molecule has 4 rings (SSSR count). The molecule has 4 aromatic rings. The molecule has 3 aromatic heterocycles. The number of hydrogen-bond donors (Lipinski definition) is 1. The Bertz CT molecular complexity index is 1120. The van der Waals surface area contributed by atoms with Crippen LogP contribution in [0.4, 0.5) is 5.69 Å². The monoisotopic (exact) mass is 412 g/mol. The Morgan fingerprint density at radius 1 is 1.15 bits per heavy atom. The van der Waals surface area contributed by atoms with E-state index < -0.39 is 0 Å². The highest BCUT2D eigenvalue weighted by atomic mass is 32.2. The van der Waals surface area contributed by atoms with Gasteiger partial charge < -0.3 is 5.32 Å². The second kappa shape index (κ2) is 7.38. The van der Waals surface area contributed by atoms with Gasteiger partial charge >= 0.3 is 0 Å². The van der Waals surface area contributed by atoms with E-state index in [0.29, 0.717) is 4.88 Å². The molecular formula is C19H16N4OS3. The quantitative estimate of drug-likeness (QED) is 0.481. The fourth-order valence-corrected chi connectivity index (χ4v) is 5.59. The zero-order valence-electron chi connectivity index (χ0n) is 14.9. The summed E-state index contributed by atoms with van der Waals surface area (Å²) in [7, 11) is 0. The summed E-state index contributed by atoms with van der Waals surface area (Å²) in [4.78, 5) is 20.0. The van der Waals surface area contributed by atoms with Gasteiger partial charge in [0.25, 0.3) is 5.91 Å². The highest BCUT2D eigenvalue weighted by Gasteiger charge is 2.18. The molecule has 0 bridgehead atoms. The third-order valence-electron chi connectivity index (χ3n) is 4.09. The molecule has 1 aromatic carbocycles. The van der Waals surface area contributed by atoms with Crippen molar-refractivity contribution in [2.45, 2.75) is 30.0 Å². The maximum atomic E-state index is 12.8. The van der Waals surface area contributed by atoms with Crippen LogP contribution < -0.4 is 5.32 Å². The van der Waals surface area contributed by atoms with Crippen LogP contribution in [-0.2, 0) is 0 Å². The minimum Gasteiger partial charge on any atom is -0.321 e. The van der Waals surface area contributed by atoms with Crippen molar-refractivity contribution in [2.75, 3.05) is 5.32 Å². The molecule has 0 atom stereocenters. The Morgan fingerprint density at radius 2 is 1.93 bits per heavy atom. The lowest BCUT2D eigenvalue weighted by molar-refractivity contribution is 0.103. The zero-order chi connectivity index (χ0) is 19.0. The Balaban J connectivity index is 1.54. The number of nitrogens with one attached hydrogen (secondary N) is 1. The standard InChI is InChI=1S/C19H16N4OS3/c1-10-8-11(2)21-18-15(10)12(3)16(27-18)17(24)22-13-4-6-14(7-5-13)26-19-23-20-9-25-19/h4-9H,1-3H3,(H,22,24). The van der Waals surface area contributed by atoms with E-state index in [4.69, 9.17) is 0 Å². The largest absolute Gasteiger partial charge is 0.321 e. The summed E-state index contributed by atoms with van der Waals surface area (Å²) in [5.41, 5.74) is 5.59. The molecule has 0 aliphatic carbocycles.